The minimum atomic E-state index is 0.220. The molecule has 1 aliphatic heterocycles. The van der Waals surface area contributed by atoms with Gasteiger partial charge in [0.25, 0.3) is 0 Å². The molecule has 0 aromatic carbocycles. The van der Waals surface area contributed by atoms with E-state index in [2.05, 4.69) is 9.87 Å². The van der Waals surface area contributed by atoms with Gasteiger partial charge >= 0.3 is 0 Å². The summed E-state index contributed by atoms with van der Waals surface area (Å²) in [5.41, 5.74) is 2.39. The van der Waals surface area contributed by atoms with Crippen molar-refractivity contribution in [2.75, 3.05) is 25.6 Å². The summed E-state index contributed by atoms with van der Waals surface area (Å²) in [4.78, 5) is 15.9. The first kappa shape index (κ1) is 11.2. The topological polar surface area (TPSA) is 54.8 Å². The number of aromatic hydroxyl groups is 1. The molecule has 0 fully saturated rings. The number of anilines is 1. The molecule has 1 aliphatic rings. The summed E-state index contributed by atoms with van der Waals surface area (Å²) < 4.78 is 0. The fourth-order valence-electron chi connectivity index (χ4n) is 1.98. The molecule has 88 valence electrons. The standard InChI is InChI=1S/C11H16N2O3/c1-7-9(6-16-15-3)10(14)8-4-5-13(2)11(8)12-7/h4-6H2,1-3H3,(H,12,14). The predicted octanol–water partition coefficient (Wildman–Crippen LogP) is 1.17. The molecule has 0 saturated heterocycles. The molecule has 0 unspecified atom stereocenters. The SMILES string of the molecule is COOCc1c(C)nc2c(c1O)CCN2C. The molecular weight excluding hydrogens is 208 g/mol. The van der Waals surface area contributed by atoms with E-state index in [-0.39, 0.29) is 6.61 Å². The molecule has 0 atom stereocenters. The molecule has 0 bridgehead atoms. The Morgan fingerprint density at radius 3 is 2.94 bits per heavy atom. The molecule has 1 aromatic rings. The van der Waals surface area contributed by atoms with Crippen molar-refractivity contribution in [1.29, 1.82) is 0 Å². The molecule has 1 N–H and O–H groups in total. The first-order chi connectivity index (χ1) is 7.65. The smallest absolute Gasteiger partial charge is 0.135 e. The third-order valence-corrected chi connectivity index (χ3v) is 2.93. The Balaban J connectivity index is 2.41. The molecule has 1 aromatic heterocycles. The van der Waals surface area contributed by atoms with Crippen LogP contribution in [0.15, 0.2) is 0 Å². The molecule has 2 heterocycles. The van der Waals surface area contributed by atoms with Gasteiger partial charge < -0.3 is 10.0 Å². The molecule has 16 heavy (non-hydrogen) atoms. The highest BCUT2D eigenvalue weighted by molar-refractivity contribution is 5.60. The van der Waals surface area contributed by atoms with E-state index in [1.165, 1.54) is 7.11 Å². The number of hydrogen-bond donors (Lipinski definition) is 1. The lowest BCUT2D eigenvalue weighted by Crippen LogP contribution is -2.14. The van der Waals surface area contributed by atoms with Gasteiger partial charge in [-0.2, -0.15) is 0 Å². The number of pyridine rings is 1. The van der Waals surface area contributed by atoms with Crippen LogP contribution in [0.4, 0.5) is 5.82 Å². The van der Waals surface area contributed by atoms with Gasteiger partial charge in [-0.25, -0.2) is 14.8 Å². The lowest BCUT2D eigenvalue weighted by molar-refractivity contribution is -0.282. The molecule has 0 amide bonds. The number of aromatic nitrogens is 1. The van der Waals surface area contributed by atoms with Crippen molar-refractivity contribution in [1.82, 2.24) is 4.98 Å². The van der Waals surface area contributed by atoms with Crippen molar-refractivity contribution < 1.29 is 14.9 Å². The zero-order valence-corrected chi connectivity index (χ0v) is 9.78. The molecule has 0 spiro atoms. The van der Waals surface area contributed by atoms with E-state index in [0.717, 1.165) is 30.0 Å². The van der Waals surface area contributed by atoms with Crippen LogP contribution in [0.2, 0.25) is 0 Å². The van der Waals surface area contributed by atoms with E-state index >= 15 is 0 Å². The van der Waals surface area contributed by atoms with E-state index in [1.807, 2.05) is 18.9 Å². The number of rotatable bonds is 3. The van der Waals surface area contributed by atoms with E-state index in [0.29, 0.717) is 11.3 Å². The van der Waals surface area contributed by atoms with Crippen LogP contribution in [0.3, 0.4) is 0 Å². The number of aryl methyl sites for hydroxylation is 1. The number of likely N-dealkylation sites (N-methyl/N-ethyl adjacent to an activating group) is 1. The Hall–Kier alpha value is -1.33. The average molecular weight is 224 g/mol. The monoisotopic (exact) mass is 224 g/mol. The molecule has 5 heteroatoms. The van der Waals surface area contributed by atoms with Crippen LogP contribution in [0.25, 0.3) is 0 Å². The maximum atomic E-state index is 10.1. The molecule has 0 radical (unpaired) electrons. The average Bonchev–Trinajstić information content (AvgIpc) is 2.61. The van der Waals surface area contributed by atoms with Crippen molar-refractivity contribution in [2.24, 2.45) is 0 Å². The van der Waals surface area contributed by atoms with Gasteiger partial charge in [-0.1, -0.05) is 0 Å². The Morgan fingerprint density at radius 1 is 1.50 bits per heavy atom. The summed E-state index contributed by atoms with van der Waals surface area (Å²) in [6.07, 6.45) is 0.824. The second-order valence-corrected chi connectivity index (χ2v) is 3.93. The van der Waals surface area contributed by atoms with Crippen LogP contribution >= 0.6 is 0 Å². The largest absolute Gasteiger partial charge is 0.507 e. The fourth-order valence-corrected chi connectivity index (χ4v) is 1.98. The fraction of sp³-hybridized carbons (Fsp3) is 0.545. The van der Waals surface area contributed by atoms with E-state index in [1.54, 1.807) is 0 Å². The third-order valence-electron chi connectivity index (χ3n) is 2.93. The molecule has 0 saturated carbocycles. The Kier molecular flexibility index (Phi) is 2.98. The number of hydrogen-bond acceptors (Lipinski definition) is 5. The Morgan fingerprint density at radius 2 is 2.25 bits per heavy atom. The molecular formula is C11H16N2O3. The molecule has 5 nitrogen and oxygen atoms in total. The quantitative estimate of drug-likeness (QED) is 0.617. The summed E-state index contributed by atoms with van der Waals surface area (Å²) in [5.74, 6) is 1.17. The Labute approximate surface area is 94.5 Å². The Bertz CT molecular complexity index is 407. The predicted molar refractivity (Wildman–Crippen MR) is 59.4 cm³/mol. The van der Waals surface area contributed by atoms with Crippen molar-refractivity contribution in [3.63, 3.8) is 0 Å². The summed E-state index contributed by atoms with van der Waals surface area (Å²) in [5, 5.41) is 10.1. The lowest BCUT2D eigenvalue weighted by Gasteiger charge is -2.14. The van der Waals surface area contributed by atoms with Gasteiger partial charge in [0.05, 0.1) is 7.11 Å². The van der Waals surface area contributed by atoms with Crippen molar-refractivity contribution in [2.45, 2.75) is 20.0 Å². The molecule has 0 aliphatic carbocycles. The van der Waals surface area contributed by atoms with Crippen LogP contribution < -0.4 is 4.90 Å². The maximum Gasteiger partial charge on any atom is 0.135 e. The highest BCUT2D eigenvalue weighted by atomic mass is 17.2. The highest BCUT2D eigenvalue weighted by Gasteiger charge is 2.24. The van der Waals surface area contributed by atoms with Gasteiger partial charge in [-0.15, -0.1) is 0 Å². The van der Waals surface area contributed by atoms with Crippen LogP contribution in [-0.2, 0) is 22.8 Å². The minimum Gasteiger partial charge on any atom is -0.507 e. The lowest BCUT2D eigenvalue weighted by atomic mass is 10.1. The first-order valence-corrected chi connectivity index (χ1v) is 5.23. The van der Waals surface area contributed by atoms with Gasteiger partial charge in [-0.3, -0.25) is 0 Å². The van der Waals surface area contributed by atoms with Crippen molar-refractivity contribution in [3.8, 4) is 5.75 Å². The van der Waals surface area contributed by atoms with Crippen LogP contribution in [-0.4, -0.2) is 30.8 Å². The van der Waals surface area contributed by atoms with E-state index < -0.39 is 0 Å². The zero-order chi connectivity index (χ0) is 11.7. The second-order valence-electron chi connectivity index (χ2n) is 3.93. The summed E-state index contributed by atoms with van der Waals surface area (Å²) in [6, 6.07) is 0. The van der Waals surface area contributed by atoms with Crippen LogP contribution in [0.5, 0.6) is 5.75 Å². The van der Waals surface area contributed by atoms with Gasteiger partial charge in [0.15, 0.2) is 0 Å². The van der Waals surface area contributed by atoms with Gasteiger partial charge in [-0.05, 0) is 13.3 Å². The second kappa shape index (κ2) is 4.27. The summed E-state index contributed by atoms with van der Waals surface area (Å²) in [7, 11) is 3.42. The van der Waals surface area contributed by atoms with Gasteiger partial charge in [0.2, 0.25) is 0 Å². The van der Waals surface area contributed by atoms with Crippen LogP contribution in [0, 0.1) is 6.92 Å². The van der Waals surface area contributed by atoms with Crippen molar-refractivity contribution in [3.05, 3.63) is 16.8 Å². The van der Waals surface area contributed by atoms with Crippen molar-refractivity contribution >= 4 is 5.82 Å². The van der Waals surface area contributed by atoms with Gasteiger partial charge in [0.1, 0.15) is 18.2 Å². The summed E-state index contributed by atoms with van der Waals surface area (Å²) in [6.45, 7) is 2.97. The van der Waals surface area contributed by atoms with E-state index in [4.69, 9.17) is 4.89 Å². The van der Waals surface area contributed by atoms with E-state index in [9.17, 15) is 5.11 Å². The number of nitrogens with zero attached hydrogens (tertiary/aromatic N) is 2. The first-order valence-electron chi connectivity index (χ1n) is 5.23. The minimum absolute atomic E-state index is 0.220. The maximum absolute atomic E-state index is 10.1. The number of fused-ring (bicyclic) bond motifs is 1. The zero-order valence-electron chi connectivity index (χ0n) is 9.78. The van der Waals surface area contributed by atoms with Gasteiger partial charge in [0, 0.05) is 30.4 Å². The summed E-state index contributed by atoms with van der Waals surface area (Å²) >= 11 is 0. The third kappa shape index (κ3) is 1.72. The normalized spacial score (nSPS) is 14.3. The molecule has 2 rings (SSSR count). The highest BCUT2D eigenvalue weighted by Crippen LogP contribution is 2.36. The van der Waals surface area contributed by atoms with Crippen LogP contribution in [0.1, 0.15) is 16.8 Å².